The lowest BCUT2D eigenvalue weighted by atomic mass is 10.1. The maximum atomic E-state index is 5.80. The van der Waals surface area contributed by atoms with Gasteiger partial charge in [-0.25, -0.2) is 0 Å². The molecule has 0 atom stereocenters. The van der Waals surface area contributed by atoms with Crippen molar-refractivity contribution >= 4 is 0 Å². The molecule has 1 N–H and O–H groups in total. The molecule has 3 nitrogen and oxygen atoms in total. The van der Waals surface area contributed by atoms with E-state index in [0.29, 0.717) is 12.5 Å². The van der Waals surface area contributed by atoms with E-state index in [1.807, 2.05) is 24.3 Å². The second-order valence-corrected chi connectivity index (χ2v) is 6.00. The highest BCUT2D eigenvalue weighted by atomic mass is 16.5. The summed E-state index contributed by atoms with van der Waals surface area (Å²) in [6.07, 6.45) is 0. The van der Waals surface area contributed by atoms with E-state index in [4.69, 9.17) is 9.15 Å². The van der Waals surface area contributed by atoms with Crippen LogP contribution < -0.4 is 10.1 Å². The second kappa shape index (κ2) is 7.32. The molecule has 114 valence electrons. The Balaban J connectivity index is 1.85. The van der Waals surface area contributed by atoms with Gasteiger partial charge in [-0.1, -0.05) is 19.9 Å². The second-order valence-electron chi connectivity index (χ2n) is 6.00. The largest absolute Gasteiger partial charge is 0.486 e. The number of hydrogen-bond acceptors (Lipinski definition) is 3. The molecular weight excluding hydrogens is 262 g/mol. The molecule has 3 heteroatoms. The lowest BCUT2D eigenvalue weighted by Crippen LogP contribution is -2.18. The zero-order chi connectivity index (χ0) is 15.2. The standard InChI is InChI=1S/C18H25NO2/c1-13(2)10-19-11-16-5-6-17(21-16)12-20-18-8-14(3)7-15(4)9-18/h5-9,13,19H,10-12H2,1-4H3. The normalized spacial score (nSPS) is 11.1. The Morgan fingerprint density at radius 3 is 2.38 bits per heavy atom. The third-order valence-electron chi connectivity index (χ3n) is 3.15. The first kappa shape index (κ1) is 15.6. The van der Waals surface area contributed by atoms with Gasteiger partial charge in [-0.3, -0.25) is 0 Å². The summed E-state index contributed by atoms with van der Waals surface area (Å²) >= 11 is 0. The predicted molar refractivity (Wildman–Crippen MR) is 85.5 cm³/mol. The Hall–Kier alpha value is -1.74. The summed E-state index contributed by atoms with van der Waals surface area (Å²) in [6.45, 7) is 10.8. The molecule has 1 heterocycles. The summed E-state index contributed by atoms with van der Waals surface area (Å²) in [5, 5.41) is 3.37. The van der Waals surface area contributed by atoms with Gasteiger partial charge in [0.25, 0.3) is 0 Å². The number of aryl methyl sites for hydroxylation is 2. The summed E-state index contributed by atoms with van der Waals surface area (Å²) in [7, 11) is 0. The third kappa shape index (κ3) is 5.27. The van der Waals surface area contributed by atoms with Crippen molar-refractivity contribution < 1.29 is 9.15 Å². The SMILES string of the molecule is Cc1cc(C)cc(OCc2ccc(CNCC(C)C)o2)c1. The fraction of sp³-hybridized carbons (Fsp3) is 0.444. The molecule has 0 radical (unpaired) electrons. The monoisotopic (exact) mass is 287 g/mol. The van der Waals surface area contributed by atoms with Gasteiger partial charge in [0.15, 0.2) is 0 Å². The Morgan fingerprint density at radius 1 is 1.05 bits per heavy atom. The van der Waals surface area contributed by atoms with Crippen molar-refractivity contribution in [3.63, 3.8) is 0 Å². The van der Waals surface area contributed by atoms with E-state index in [1.54, 1.807) is 0 Å². The Morgan fingerprint density at radius 2 is 1.71 bits per heavy atom. The van der Waals surface area contributed by atoms with Crippen molar-refractivity contribution in [2.24, 2.45) is 5.92 Å². The third-order valence-corrected chi connectivity index (χ3v) is 3.15. The summed E-state index contributed by atoms with van der Waals surface area (Å²) in [6, 6.07) is 10.2. The molecule has 0 saturated carbocycles. The van der Waals surface area contributed by atoms with Gasteiger partial charge in [-0.2, -0.15) is 0 Å². The maximum Gasteiger partial charge on any atom is 0.146 e. The smallest absolute Gasteiger partial charge is 0.146 e. The highest BCUT2D eigenvalue weighted by Crippen LogP contribution is 2.18. The minimum absolute atomic E-state index is 0.465. The Kier molecular flexibility index (Phi) is 5.45. The van der Waals surface area contributed by atoms with Crippen molar-refractivity contribution in [2.75, 3.05) is 6.54 Å². The molecule has 0 fully saturated rings. The number of ether oxygens (including phenoxy) is 1. The molecule has 0 amide bonds. The molecule has 1 aromatic carbocycles. The van der Waals surface area contributed by atoms with Crippen LogP contribution in [0.15, 0.2) is 34.7 Å². The zero-order valence-electron chi connectivity index (χ0n) is 13.4. The minimum atomic E-state index is 0.465. The van der Waals surface area contributed by atoms with E-state index in [0.717, 1.165) is 30.4 Å². The van der Waals surface area contributed by atoms with Gasteiger partial charge in [0.05, 0.1) is 6.54 Å². The number of hydrogen-bond donors (Lipinski definition) is 1. The maximum absolute atomic E-state index is 5.80. The van der Waals surface area contributed by atoms with E-state index in [1.165, 1.54) is 11.1 Å². The molecule has 0 aliphatic rings. The van der Waals surface area contributed by atoms with Gasteiger partial charge in [0.1, 0.15) is 23.9 Å². The Labute approximate surface area is 127 Å². The summed E-state index contributed by atoms with van der Waals surface area (Å²) < 4.78 is 11.6. The first-order valence-electron chi connectivity index (χ1n) is 7.52. The van der Waals surface area contributed by atoms with Gasteiger partial charge in [-0.05, 0) is 61.7 Å². The van der Waals surface area contributed by atoms with Crippen molar-refractivity contribution in [3.8, 4) is 5.75 Å². The van der Waals surface area contributed by atoms with Crippen LogP contribution in [0, 0.1) is 19.8 Å². The highest BCUT2D eigenvalue weighted by Gasteiger charge is 2.04. The molecule has 0 unspecified atom stereocenters. The van der Waals surface area contributed by atoms with Crippen LogP contribution in [0.4, 0.5) is 0 Å². The summed E-state index contributed by atoms with van der Waals surface area (Å²) in [5.74, 6) is 3.35. The average molecular weight is 287 g/mol. The number of rotatable bonds is 7. The number of furan rings is 1. The molecule has 0 aliphatic carbocycles. The molecule has 0 aliphatic heterocycles. The van der Waals surface area contributed by atoms with Gasteiger partial charge < -0.3 is 14.5 Å². The molecular formula is C18H25NO2. The fourth-order valence-corrected chi connectivity index (χ4v) is 2.25. The molecule has 21 heavy (non-hydrogen) atoms. The quantitative estimate of drug-likeness (QED) is 0.828. The predicted octanol–water partition coefficient (Wildman–Crippen LogP) is 4.22. The van der Waals surface area contributed by atoms with Crippen LogP contribution >= 0.6 is 0 Å². The van der Waals surface area contributed by atoms with Crippen LogP contribution in [0.25, 0.3) is 0 Å². The van der Waals surface area contributed by atoms with Gasteiger partial charge in [0, 0.05) is 0 Å². The van der Waals surface area contributed by atoms with Gasteiger partial charge in [0.2, 0.25) is 0 Å². The zero-order valence-corrected chi connectivity index (χ0v) is 13.4. The first-order valence-corrected chi connectivity index (χ1v) is 7.52. The summed E-state index contributed by atoms with van der Waals surface area (Å²) in [5.41, 5.74) is 2.42. The minimum Gasteiger partial charge on any atom is -0.486 e. The van der Waals surface area contributed by atoms with Crippen molar-refractivity contribution in [1.82, 2.24) is 5.32 Å². The van der Waals surface area contributed by atoms with E-state index in [2.05, 4.69) is 39.1 Å². The van der Waals surface area contributed by atoms with E-state index in [9.17, 15) is 0 Å². The molecule has 2 rings (SSSR count). The van der Waals surface area contributed by atoms with E-state index < -0.39 is 0 Å². The molecule has 0 spiro atoms. The van der Waals surface area contributed by atoms with Crippen molar-refractivity contribution in [2.45, 2.75) is 40.8 Å². The van der Waals surface area contributed by atoms with Crippen LogP contribution in [0.5, 0.6) is 5.75 Å². The van der Waals surface area contributed by atoms with E-state index in [-0.39, 0.29) is 0 Å². The highest BCUT2D eigenvalue weighted by molar-refractivity contribution is 5.33. The summed E-state index contributed by atoms with van der Waals surface area (Å²) in [4.78, 5) is 0. The number of benzene rings is 1. The molecule has 1 aromatic heterocycles. The number of nitrogens with one attached hydrogen (secondary N) is 1. The van der Waals surface area contributed by atoms with Crippen LogP contribution in [-0.4, -0.2) is 6.54 Å². The van der Waals surface area contributed by atoms with E-state index >= 15 is 0 Å². The van der Waals surface area contributed by atoms with Crippen LogP contribution in [-0.2, 0) is 13.2 Å². The van der Waals surface area contributed by atoms with Crippen LogP contribution in [0.2, 0.25) is 0 Å². The van der Waals surface area contributed by atoms with Crippen molar-refractivity contribution in [3.05, 3.63) is 53.0 Å². The van der Waals surface area contributed by atoms with Gasteiger partial charge >= 0.3 is 0 Å². The topological polar surface area (TPSA) is 34.4 Å². The van der Waals surface area contributed by atoms with Gasteiger partial charge in [-0.15, -0.1) is 0 Å². The van der Waals surface area contributed by atoms with Crippen molar-refractivity contribution in [1.29, 1.82) is 0 Å². The molecule has 0 saturated heterocycles. The van der Waals surface area contributed by atoms with Crippen LogP contribution in [0.1, 0.15) is 36.5 Å². The first-order chi connectivity index (χ1) is 10.0. The average Bonchev–Trinajstić information content (AvgIpc) is 2.83. The lowest BCUT2D eigenvalue weighted by Gasteiger charge is -2.07. The Bertz CT molecular complexity index is 552. The van der Waals surface area contributed by atoms with Crippen LogP contribution in [0.3, 0.4) is 0 Å². The fourth-order valence-electron chi connectivity index (χ4n) is 2.25. The molecule has 2 aromatic rings. The molecule has 0 bridgehead atoms. The lowest BCUT2D eigenvalue weighted by molar-refractivity contribution is 0.264.